The Hall–Kier alpha value is -2.37. The lowest BCUT2D eigenvalue weighted by Crippen LogP contribution is -2.81. The summed E-state index contributed by atoms with van der Waals surface area (Å²) in [4.78, 5) is 42.2. The number of anilines is 1. The van der Waals surface area contributed by atoms with Crippen LogP contribution in [0.5, 0.6) is 0 Å². The van der Waals surface area contributed by atoms with Crippen LogP contribution in [0.3, 0.4) is 0 Å². The van der Waals surface area contributed by atoms with Crippen LogP contribution >= 0.6 is 0 Å². The Bertz CT molecular complexity index is 993. The first-order chi connectivity index (χ1) is 13.2. The zero-order chi connectivity index (χ0) is 19.7. The third kappa shape index (κ3) is 1.38. The smallest absolute Gasteiger partial charge is 0.249 e. The molecule has 140 valence electrons. The van der Waals surface area contributed by atoms with E-state index < -0.39 is 28.4 Å². The lowest BCUT2D eigenvalue weighted by Gasteiger charge is -2.58. The van der Waals surface area contributed by atoms with Crippen LogP contribution in [0.1, 0.15) is 51.2 Å². The largest absolute Gasteiger partial charge is 0.371 e. The van der Waals surface area contributed by atoms with Crippen LogP contribution in [-0.4, -0.2) is 45.7 Å². The molecule has 2 N–H and O–H groups in total. The Morgan fingerprint density at radius 3 is 2.74 bits per heavy atom. The van der Waals surface area contributed by atoms with Gasteiger partial charge in [0, 0.05) is 36.9 Å². The van der Waals surface area contributed by atoms with E-state index in [0.29, 0.717) is 30.6 Å². The van der Waals surface area contributed by atoms with Crippen LogP contribution in [0.15, 0.2) is 24.3 Å². The molecule has 5 atom stereocenters. The Morgan fingerprint density at radius 1 is 1.19 bits per heavy atom. The summed E-state index contributed by atoms with van der Waals surface area (Å²) in [5.74, 6) is -0.724. The van der Waals surface area contributed by atoms with Crippen molar-refractivity contribution in [2.24, 2.45) is 11.3 Å². The van der Waals surface area contributed by atoms with Gasteiger partial charge < -0.3 is 15.5 Å². The molecule has 2 amide bonds. The van der Waals surface area contributed by atoms with Crippen molar-refractivity contribution < 1.29 is 15.8 Å². The maximum absolute atomic E-state index is 13.7. The van der Waals surface area contributed by atoms with E-state index in [-0.39, 0.29) is 23.5 Å². The number of amides is 2. The summed E-state index contributed by atoms with van der Waals surface area (Å²) in [7, 11) is 0. The molecule has 0 radical (unpaired) electrons. The molecule has 6 nitrogen and oxygen atoms in total. The highest BCUT2D eigenvalue weighted by Crippen LogP contribution is 2.66. The van der Waals surface area contributed by atoms with Gasteiger partial charge in [-0.15, -0.1) is 0 Å². The van der Waals surface area contributed by atoms with Crippen LogP contribution in [0.2, 0.25) is 0 Å². The standard InChI is InChI=1S/C21H23N3O3/c1-18(2)14-10-19-8-5-9-24(19)17(27)20(14,23-16(19)26)11-21(18)15(25)12-6-3-4-7-13(12)22-21/h3-4,6-7,14,22H,5,8-11H2,1-2H3,(H,23,26)/t14-,19+,20+,21-/m0/s1/i11T/t11?,14-,19+,20+,21-. The van der Waals surface area contributed by atoms with Crippen molar-refractivity contribution in [3.8, 4) is 0 Å². The molecule has 1 unspecified atom stereocenters. The predicted molar refractivity (Wildman–Crippen MR) is 98.2 cm³/mol. The third-order valence-corrected chi connectivity index (χ3v) is 8.12. The molecule has 2 bridgehead atoms. The second-order valence-electron chi connectivity index (χ2n) is 9.35. The molecular weight excluding hydrogens is 342 g/mol. The van der Waals surface area contributed by atoms with Gasteiger partial charge in [0.25, 0.3) is 0 Å². The average Bonchev–Trinajstić information content (AvgIpc) is 3.27. The maximum Gasteiger partial charge on any atom is 0.249 e. The first-order valence-electron chi connectivity index (χ1n) is 10.3. The molecule has 1 aromatic carbocycles. The molecular formula is C21H23N3O3. The quantitative estimate of drug-likeness (QED) is 0.732. The molecule has 6 aliphatic rings. The van der Waals surface area contributed by atoms with Gasteiger partial charge in [0.2, 0.25) is 11.8 Å². The molecule has 4 saturated heterocycles. The molecule has 1 aliphatic carbocycles. The molecule has 5 heterocycles. The maximum atomic E-state index is 13.7. The number of nitrogens with zero attached hydrogens (tertiary/aromatic N) is 1. The molecule has 1 saturated carbocycles. The summed E-state index contributed by atoms with van der Waals surface area (Å²) in [6.07, 6.45) is 0.888. The summed E-state index contributed by atoms with van der Waals surface area (Å²) in [5.41, 5.74) is -2.80. The van der Waals surface area contributed by atoms with Crippen molar-refractivity contribution in [3.63, 3.8) is 0 Å². The van der Waals surface area contributed by atoms with Crippen molar-refractivity contribution in [1.29, 1.82) is 0 Å². The molecule has 7 rings (SSSR count). The van der Waals surface area contributed by atoms with Crippen LogP contribution in [0.4, 0.5) is 5.69 Å². The Kier molecular flexibility index (Phi) is 2.28. The highest BCUT2D eigenvalue weighted by Gasteiger charge is 2.80. The monoisotopic (exact) mass is 367 g/mol. The number of para-hydroxylation sites is 1. The van der Waals surface area contributed by atoms with E-state index in [4.69, 9.17) is 0 Å². The number of piperazine rings is 1. The number of carbonyl (C=O) groups excluding carboxylic acids is 3. The highest BCUT2D eigenvalue weighted by atomic mass is 16.2. The number of piperidine rings is 2. The van der Waals surface area contributed by atoms with Crippen LogP contribution in [0.25, 0.3) is 0 Å². The number of carbonyl (C=O) groups is 3. The van der Waals surface area contributed by atoms with Crippen molar-refractivity contribution in [1.82, 2.24) is 10.2 Å². The van der Waals surface area contributed by atoms with Crippen LogP contribution in [-0.2, 0) is 9.59 Å². The second-order valence-corrected chi connectivity index (χ2v) is 9.35. The fourth-order valence-corrected chi connectivity index (χ4v) is 6.68. The Morgan fingerprint density at radius 2 is 1.96 bits per heavy atom. The highest BCUT2D eigenvalue weighted by molar-refractivity contribution is 6.16. The van der Waals surface area contributed by atoms with Crippen molar-refractivity contribution in [2.45, 2.75) is 56.1 Å². The number of Topliss-reactive ketones (excluding diaryl/α,β-unsaturated/α-hetero) is 1. The van der Waals surface area contributed by atoms with Gasteiger partial charge in [0.15, 0.2) is 5.78 Å². The number of benzene rings is 1. The van der Waals surface area contributed by atoms with Crippen LogP contribution < -0.4 is 10.6 Å². The summed E-state index contributed by atoms with van der Waals surface area (Å²) >= 11 is 0. The van der Waals surface area contributed by atoms with Gasteiger partial charge in [-0.05, 0) is 31.4 Å². The summed E-state index contributed by atoms with van der Waals surface area (Å²) in [5, 5.41) is 6.37. The van der Waals surface area contributed by atoms with Crippen LogP contribution in [0, 0.1) is 11.3 Å². The van der Waals surface area contributed by atoms with E-state index in [2.05, 4.69) is 10.6 Å². The van der Waals surface area contributed by atoms with Crippen molar-refractivity contribution in [2.75, 3.05) is 11.9 Å². The minimum absolute atomic E-state index is 0.139. The number of hydrogen-bond acceptors (Lipinski definition) is 4. The zero-order valence-electron chi connectivity index (χ0n) is 16.5. The fraction of sp³-hybridized carbons (Fsp3) is 0.571. The second kappa shape index (κ2) is 4.21. The van der Waals surface area contributed by atoms with Gasteiger partial charge in [0.05, 0.1) is 0 Å². The van der Waals surface area contributed by atoms with Gasteiger partial charge in [-0.3, -0.25) is 14.4 Å². The third-order valence-electron chi connectivity index (χ3n) is 8.12. The lowest BCUT2D eigenvalue weighted by atomic mass is 9.59. The number of ketones is 1. The van der Waals surface area contributed by atoms with Crippen molar-refractivity contribution in [3.05, 3.63) is 29.8 Å². The number of fused-ring (bicyclic) bond motifs is 2. The van der Waals surface area contributed by atoms with E-state index in [1.54, 1.807) is 11.0 Å². The van der Waals surface area contributed by atoms with Gasteiger partial charge in [-0.25, -0.2) is 0 Å². The Labute approximate surface area is 159 Å². The molecule has 27 heavy (non-hydrogen) atoms. The number of rotatable bonds is 0. The first-order valence-corrected chi connectivity index (χ1v) is 9.72. The predicted octanol–water partition coefficient (Wildman–Crippen LogP) is 1.71. The van der Waals surface area contributed by atoms with Gasteiger partial charge in [0.1, 0.15) is 16.6 Å². The average molecular weight is 367 g/mol. The number of nitrogens with one attached hydrogen (secondary N) is 2. The van der Waals surface area contributed by atoms with Gasteiger partial charge >= 0.3 is 0 Å². The van der Waals surface area contributed by atoms with E-state index in [0.717, 1.165) is 6.42 Å². The summed E-state index contributed by atoms with van der Waals surface area (Å²) < 4.78 is 9.26. The molecule has 5 aliphatic heterocycles. The van der Waals surface area contributed by atoms with Gasteiger partial charge in [-0.2, -0.15) is 0 Å². The van der Waals surface area contributed by atoms with Crippen molar-refractivity contribution >= 4 is 23.3 Å². The van der Waals surface area contributed by atoms with Gasteiger partial charge in [-0.1, -0.05) is 26.0 Å². The minimum Gasteiger partial charge on any atom is -0.371 e. The van der Waals surface area contributed by atoms with E-state index in [1.807, 2.05) is 32.0 Å². The lowest BCUT2D eigenvalue weighted by molar-refractivity contribution is -0.175. The summed E-state index contributed by atoms with van der Waals surface area (Å²) in [6.45, 7) is 4.53. The SMILES string of the molecule is [3H]C1[C@]23NC(=O)[C@@]4(CCCN4C2=O)C[C@H]3C(C)(C)[C@]12Nc1ccccc1C2=O. The minimum atomic E-state index is -1.35. The molecule has 1 aromatic rings. The Balaban J connectivity index is 1.59. The van der Waals surface area contributed by atoms with E-state index >= 15 is 0 Å². The molecule has 0 aromatic heterocycles. The molecule has 6 heteroatoms. The normalized spacial score (nSPS) is 46.1. The van der Waals surface area contributed by atoms with E-state index in [9.17, 15) is 15.8 Å². The zero-order valence-corrected chi connectivity index (χ0v) is 15.5. The molecule has 5 fully saturated rings. The topological polar surface area (TPSA) is 78.5 Å². The van der Waals surface area contributed by atoms with E-state index in [1.165, 1.54) is 0 Å². The molecule has 3 spiro atoms. The summed E-state index contributed by atoms with van der Waals surface area (Å²) in [6, 6.07) is 7.30. The first kappa shape index (κ1) is 14.7. The number of hydrogen-bond donors (Lipinski definition) is 2. The fourth-order valence-electron chi connectivity index (χ4n) is 6.68.